The summed E-state index contributed by atoms with van der Waals surface area (Å²) < 4.78 is 1.04. The van der Waals surface area contributed by atoms with Crippen LogP contribution in [0.3, 0.4) is 0 Å². The number of carboxylic acid groups (broad SMARTS) is 1. The third-order valence-corrected chi connectivity index (χ3v) is 4.15. The third-order valence-electron chi connectivity index (χ3n) is 3.62. The van der Waals surface area contributed by atoms with Crippen LogP contribution in [0.5, 0.6) is 0 Å². The molecule has 1 heterocycles. The number of carbonyl (C=O) groups is 1. The zero-order valence-electron chi connectivity index (χ0n) is 11.2. The lowest BCUT2D eigenvalue weighted by Crippen LogP contribution is -2.55. The predicted molar refractivity (Wildman–Crippen MR) is 81.1 cm³/mol. The largest absolute Gasteiger partial charge is 0.481 e. The zero-order valence-corrected chi connectivity index (χ0v) is 12.8. The maximum absolute atomic E-state index is 10.7. The summed E-state index contributed by atoms with van der Waals surface area (Å²) in [4.78, 5) is 14.9. The van der Waals surface area contributed by atoms with Gasteiger partial charge in [0.2, 0.25) is 0 Å². The first-order valence-corrected chi connectivity index (χ1v) is 7.46. The number of aliphatic hydroxyl groups is 1. The molecule has 1 atom stereocenters. The van der Waals surface area contributed by atoms with Gasteiger partial charge in [0.25, 0.3) is 0 Å². The average Bonchev–Trinajstić information content (AvgIpc) is 2.45. The fourth-order valence-electron chi connectivity index (χ4n) is 2.49. The number of aliphatic carboxylic acids is 1. The minimum absolute atomic E-state index is 0.00764. The van der Waals surface area contributed by atoms with Gasteiger partial charge in [-0.05, 0) is 24.3 Å². The quantitative estimate of drug-likeness (QED) is 0.846. The number of anilines is 1. The second kappa shape index (κ2) is 7.06. The van der Waals surface area contributed by atoms with E-state index in [1.54, 1.807) is 0 Å². The van der Waals surface area contributed by atoms with Crippen LogP contribution in [0, 0.1) is 0 Å². The highest BCUT2D eigenvalue weighted by molar-refractivity contribution is 9.10. The SMILES string of the molecule is O=C(O)CCN1CCN(c2ccc(Br)cc2)CC1CO. The van der Waals surface area contributed by atoms with Crippen LogP contribution in [0.4, 0.5) is 5.69 Å². The Kier molecular flexibility index (Phi) is 5.39. The molecular formula is C14H19BrN2O3. The molecule has 5 nitrogen and oxygen atoms in total. The van der Waals surface area contributed by atoms with Gasteiger partial charge in [-0.1, -0.05) is 15.9 Å². The fraction of sp³-hybridized carbons (Fsp3) is 0.500. The van der Waals surface area contributed by atoms with Crippen molar-refractivity contribution >= 4 is 27.6 Å². The molecule has 0 aromatic heterocycles. The molecule has 0 saturated carbocycles. The van der Waals surface area contributed by atoms with Gasteiger partial charge >= 0.3 is 5.97 Å². The summed E-state index contributed by atoms with van der Waals surface area (Å²) in [5.41, 5.74) is 1.13. The summed E-state index contributed by atoms with van der Waals surface area (Å²) in [5, 5.41) is 18.3. The lowest BCUT2D eigenvalue weighted by Gasteiger charge is -2.41. The molecule has 110 valence electrons. The summed E-state index contributed by atoms with van der Waals surface area (Å²) in [6.07, 6.45) is 0.120. The Balaban J connectivity index is 1.97. The van der Waals surface area contributed by atoms with Gasteiger partial charge in [0.1, 0.15) is 0 Å². The molecule has 20 heavy (non-hydrogen) atoms. The Morgan fingerprint density at radius 1 is 1.30 bits per heavy atom. The van der Waals surface area contributed by atoms with Gasteiger partial charge in [0.05, 0.1) is 19.1 Å². The first-order valence-electron chi connectivity index (χ1n) is 6.67. The van der Waals surface area contributed by atoms with Crippen LogP contribution in [0.25, 0.3) is 0 Å². The molecule has 1 aliphatic rings. The summed E-state index contributed by atoms with van der Waals surface area (Å²) >= 11 is 3.42. The number of carboxylic acids is 1. The summed E-state index contributed by atoms with van der Waals surface area (Å²) in [6, 6.07) is 8.09. The molecule has 0 spiro atoms. The van der Waals surface area contributed by atoms with E-state index >= 15 is 0 Å². The van der Waals surface area contributed by atoms with Crippen molar-refractivity contribution in [2.75, 3.05) is 37.7 Å². The molecule has 2 N–H and O–H groups in total. The first kappa shape index (κ1) is 15.3. The fourth-order valence-corrected chi connectivity index (χ4v) is 2.75. The average molecular weight is 343 g/mol. The molecule has 0 bridgehead atoms. The van der Waals surface area contributed by atoms with Crippen LogP contribution < -0.4 is 4.90 Å². The van der Waals surface area contributed by atoms with Crippen LogP contribution in [0.15, 0.2) is 28.7 Å². The van der Waals surface area contributed by atoms with Crippen LogP contribution in [0.2, 0.25) is 0 Å². The van der Waals surface area contributed by atoms with E-state index in [9.17, 15) is 9.90 Å². The van der Waals surface area contributed by atoms with Gasteiger partial charge in [-0.2, -0.15) is 0 Å². The number of piperazine rings is 1. The third kappa shape index (κ3) is 3.94. The molecule has 1 unspecified atom stereocenters. The van der Waals surface area contributed by atoms with Crippen molar-refractivity contribution in [1.82, 2.24) is 4.90 Å². The number of aliphatic hydroxyl groups excluding tert-OH is 1. The van der Waals surface area contributed by atoms with E-state index in [0.29, 0.717) is 6.54 Å². The molecular weight excluding hydrogens is 324 g/mol. The first-order chi connectivity index (χ1) is 9.60. The molecule has 1 aromatic rings. The smallest absolute Gasteiger partial charge is 0.304 e. The maximum Gasteiger partial charge on any atom is 0.304 e. The Morgan fingerprint density at radius 2 is 2.00 bits per heavy atom. The summed E-state index contributed by atoms with van der Waals surface area (Å²) in [5.74, 6) is -0.794. The van der Waals surface area contributed by atoms with Crippen molar-refractivity contribution in [2.24, 2.45) is 0 Å². The van der Waals surface area contributed by atoms with Crippen LogP contribution >= 0.6 is 15.9 Å². The number of rotatable bonds is 5. The minimum atomic E-state index is -0.794. The Bertz CT molecular complexity index is 452. The second-order valence-electron chi connectivity index (χ2n) is 4.94. The van der Waals surface area contributed by atoms with Gasteiger partial charge in [-0.3, -0.25) is 9.69 Å². The van der Waals surface area contributed by atoms with Crippen molar-refractivity contribution in [3.63, 3.8) is 0 Å². The van der Waals surface area contributed by atoms with Crippen LogP contribution in [0.1, 0.15) is 6.42 Å². The van der Waals surface area contributed by atoms with Gasteiger partial charge in [0.15, 0.2) is 0 Å². The molecule has 1 saturated heterocycles. The van der Waals surface area contributed by atoms with Crippen LogP contribution in [-0.4, -0.2) is 59.9 Å². The Labute approximate surface area is 126 Å². The highest BCUT2D eigenvalue weighted by Crippen LogP contribution is 2.21. The van der Waals surface area contributed by atoms with Crippen molar-refractivity contribution in [1.29, 1.82) is 0 Å². The van der Waals surface area contributed by atoms with Gasteiger partial charge < -0.3 is 15.1 Å². The number of hydrogen-bond acceptors (Lipinski definition) is 4. The number of nitrogens with zero attached hydrogens (tertiary/aromatic N) is 2. The molecule has 1 fully saturated rings. The second-order valence-corrected chi connectivity index (χ2v) is 5.85. The lowest BCUT2D eigenvalue weighted by molar-refractivity contribution is -0.137. The number of benzene rings is 1. The van der Waals surface area contributed by atoms with E-state index in [2.05, 4.69) is 25.7 Å². The van der Waals surface area contributed by atoms with Gasteiger partial charge in [-0.15, -0.1) is 0 Å². The van der Waals surface area contributed by atoms with Crippen LogP contribution in [-0.2, 0) is 4.79 Å². The van der Waals surface area contributed by atoms with Gasteiger partial charge in [0, 0.05) is 36.3 Å². The molecule has 0 radical (unpaired) electrons. The monoisotopic (exact) mass is 342 g/mol. The molecule has 0 aliphatic carbocycles. The predicted octanol–water partition coefficient (Wildman–Crippen LogP) is 1.41. The highest BCUT2D eigenvalue weighted by atomic mass is 79.9. The summed E-state index contributed by atoms with van der Waals surface area (Å²) in [6.45, 7) is 2.88. The van der Waals surface area contributed by atoms with Gasteiger partial charge in [-0.25, -0.2) is 0 Å². The normalized spacial score (nSPS) is 20.1. The van der Waals surface area contributed by atoms with E-state index < -0.39 is 5.97 Å². The molecule has 1 aliphatic heterocycles. The van der Waals surface area contributed by atoms with E-state index in [1.807, 2.05) is 24.3 Å². The number of halogens is 1. The lowest BCUT2D eigenvalue weighted by atomic mass is 10.1. The van der Waals surface area contributed by atoms with Crippen molar-refractivity contribution in [3.05, 3.63) is 28.7 Å². The highest BCUT2D eigenvalue weighted by Gasteiger charge is 2.26. The Morgan fingerprint density at radius 3 is 2.60 bits per heavy atom. The van der Waals surface area contributed by atoms with E-state index in [-0.39, 0.29) is 19.1 Å². The molecule has 6 heteroatoms. The number of hydrogen-bond donors (Lipinski definition) is 2. The standard InChI is InChI=1S/C14H19BrN2O3/c15-11-1-3-12(4-2-11)17-8-7-16(6-5-14(19)20)13(9-17)10-18/h1-4,13,18H,5-10H2,(H,19,20). The van der Waals surface area contributed by atoms with E-state index in [4.69, 9.17) is 5.11 Å². The minimum Gasteiger partial charge on any atom is -0.481 e. The zero-order chi connectivity index (χ0) is 14.5. The molecule has 0 amide bonds. The van der Waals surface area contributed by atoms with Crippen molar-refractivity contribution in [3.8, 4) is 0 Å². The molecule has 1 aromatic carbocycles. The maximum atomic E-state index is 10.7. The topological polar surface area (TPSA) is 64.0 Å². The summed E-state index contributed by atoms with van der Waals surface area (Å²) in [7, 11) is 0. The van der Waals surface area contributed by atoms with E-state index in [0.717, 1.165) is 29.8 Å². The molecule has 2 rings (SSSR count). The van der Waals surface area contributed by atoms with E-state index in [1.165, 1.54) is 0 Å². The van der Waals surface area contributed by atoms with Crippen molar-refractivity contribution < 1.29 is 15.0 Å². The van der Waals surface area contributed by atoms with Crippen molar-refractivity contribution in [2.45, 2.75) is 12.5 Å². The Hall–Kier alpha value is -1.11.